The summed E-state index contributed by atoms with van der Waals surface area (Å²) >= 11 is 0. The summed E-state index contributed by atoms with van der Waals surface area (Å²) in [6, 6.07) is 11.6. The zero-order valence-electron chi connectivity index (χ0n) is 17.0. The average molecular weight is 360 g/mol. The van der Waals surface area contributed by atoms with Gasteiger partial charge in [-0.1, -0.05) is 37.3 Å². The molecular formula is C21H37N5. The molecule has 1 unspecified atom stereocenters. The molecule has 1 aliphatic rings. The van der Waals surface area contributed by atoms with Gasteiger partial charge < -0.3 is 15.5 Å². The maximum absolute atomic E-state index is 4.42. The molecule has 0 saturated carbocycles. The van der Waals surface area contributed by atoms with Crippen molar-refractivity contribution in [3.8, 4) is 0 Å². The fourth-order valence-electron chi connectivity index (χ4n) is 3.43. The first-order valence-corrected chi connectivity index (χ1v) is 10.1. The second-order valence-electron chi connectivity index (χ2n) is 7.46. The van der Waals surface area contributed by atoms with E-state index in [9.17, 15) is 0 Å². The van der Waals surface area contributed by atoms with Crippen LogP contribution in [0.2, 0.25) is 0 Å². The normalized spacial score (nSPS) is 18.1. The van der Waals surface area contributed by atoms with Gasteiger partial charge in [-0.2, -0.15) is 0 Å². The third-order valence-corrected chi connectivity index (χ3v) is 5.28. The Balaban J connectivity index is 1.71. The summed E-state index contributed by atoms with van der Waals surface area (Å²) in [5.74, 6) is 0.930. The highest BCUT2D eigenvalue weighted by Gasteiger charge is 2.19. The molecule has 1 aromatic carbocycles. The van der Waals surface area contributed by atoms with E-state index in [2.05, 4.69) is 76.7 Å². The van der Waals surface area contributed by atoms with Gasteiger partial charge in [0.1, 0.15) is 0 Å². The summed E-state index contributed by atoms with van der Waals surface area (Å²) in [5.41, 5.74) is 1.35. The average Bonchev–Trinajstić information content (AvgIpc) is 2.67. The number of hydrogen-bond acceptors (Lipinski definition) is 3. The van der Waals surface area contributed by atoms with E-state index in [-0.39, 0.29) is 0 Å². The van der Waals surface area contributed by atoms with Crippen LogP contribution in [0.4, 0.5) is 0 Å². The lowest BCUT2D eigenvalue weighted by atomic mass is 10.1. The van der Waals surface area contributed by atoms with E-state index in [0.29, 0.717) is 12.1 Å². The maximum Gasteiger partial charge on any atom is 0.191 e. The summed E-state index contributed by atoms with van der Waals surface area (Å²) in [5, 5.41) is 7.11. The summed E-state index contributed by atoms with van der Waals surface area (Å²) in [7, 11) is 4.04. The Labute approximate surface area is 159 Å². The van der Waals surface area contributed by atoms with Crippen LogP contribution in [-0.2, 0) is 6.54 Å². The molecule has 2 N–H and O–H groups in total. The summed E-state index contributed by atoms with van der Waals surface area (Å²) in [6.07, 6.45) is 3.64. The molecule has 1 saturated heterocycles. The zero-order valence-corrected chi connectivity index (χ0v) is 17.0. The molecule has 1 aromatic rings. The van der Waals surface area contributed by atoms with Gasteiger partial charge in [0.15, 0.2) is 5.96 Å². The van der Waals surface area contributed by atoms with Crippen LogP contribution in [0.1, 0.15) is 38.7 Å². The first-order valence-electron chi connectivity index (χ1n) is 10.1. The monoisotopic (exact) mass is 359 g/mol. The minimum absolute atomic E-state index is 0.431. The molecule has 1 heterocycles. The Morgan fingerprint density at radius 3 is 2.58 bits per heavy atom. The van der Waals surface area contributed by atoms with Crippen molar-refractivity contribution in [2.45, 2.75) is 51.7 Å². The zero-order chi connectivity index (χ0) is 18.8. The van der Waals surface area contributed by atoms with Crippen molar-refractivity contribution >= 4 is 5.96 Å². The number of hydrogen-bond donors (Lipinski definition) is 2. The fourth-order valence-corrected chi connectivity index (χ4v) is 3.43. The van der Waals surface area contributed by atoms with E-state index in [1.54, 1.807) is 0 Å². The summed E-state index contributed by atoms with van der Waals surface area (Å²) in [4.78, 5) is 9.35. The van der Waals surface area contributed by atoms with Gasteiger partial charge in [-0.05, 0) is 45.3 Å². The quantitative estimate of drug-likeness (QED) is 0.553. The molecule has 0 aromatic heterocycles. The lowest BCUT2D eigenvalue weighted by molar-refractivity contribution is 0.206. The van der Waals surface area contributed by atoms with Crippen LogP contribution >= 0.6 is 0 Å². The third kappa shape index (κ3) is 6.96. The van der Waals surface area contributed by atoms with Crippen LogP contribution in [0.3, 0.4) is 0 Å². The van der Waals surface area contributed by atoms with Crippen molar-refractivity contribution < 1.29 is 0 Å². The van der Waals surface area contributed by atoms with Gasteiger partial charge in [0.2, 0.25) is 0 Å². The van der Waals surface area contributed by atoms with Crippen LogP contribution in [0.15, 0.2) is 35.3 Å². The molecule has 0 spiro atoms. The molecule has 1 fully saturated rings. The lowest BCUT2D eigenvalue weighted by Gasteiger charge is -2.33. The molecule has 0 bridgehead atoms. The number of likely N-dealkylation sites (tertiary alicyclic amines) is 1. The van der Waals surface area contributed by atoms with Crippen molar-refractivity contribution in [3.63, 3.8) is 0 Å². The molecule has 1 aliphatic heterocycles. The Morgan fingerprint density at radius 1 is 1.27 bits per heavy atom. The second-order valence-corrected chi connectivity index (χ2v) is 7.46. The minimum Gasteiger partial charge on any atom is -0.355 e. The van der Waals surface area contributed by atoms with Crippen molar-refractivity contribution in [2.24, 2.45) is 4.99 Å². The molecule has 0 amide bonds. The van der Waals surface area contributed by atoms with E-state index in [1.807, 2.05) is 7.05 Å². The molecule has 0 radical (unpaired) electrons. The number of rotatable bonds is 8. The Morgan fingerprint density at radius 2 is 1.96 bits per heavy atom. The van der Waals surface area contributed by atoms with E-state index < -0.39 is 0 Å². The Bertz CT molecular complexity index is 522. The number of aliphatic imine (C=N–C) groups is 1. The Hall–Kier alpha value is -1.59. The predicted molar refractivity (Wildman–Crippen MR) is 112 cm³/mol. The Kier molecular flexibility index (Phi) is 8.92. The highest BCUT2D eigenvalue weighted by atomic mass is 15.2. The van der Waals surface area contributed by atoms with E-state index in [0.717, 1.165) is 19.0 Å². The van der Waals surface area contributed by atoms with E-state index in [1.165, 1.54) is 44.5 Å². The standard InChI is InChI=1S/C21H37N5/c1-5-13-26-14-11-20(12-15-26)24-21(22-3)23-16-18(2)25(4)17-19-9-7-6-8-10-19/h6-10,18,20H,5,11-17H2,1-4H3,(H2,22,23,24). The van der Waals surface area contributed by atoms with Crippen molar-refractivity contribution in [3.05, 3.63) is 35.9 Å². The number of piperidine rings is 1. The van der Waals surface area contributed by atoms with Crippen LogP contribution < -0.4 is 10.6 Å². The highest BCUT2D eigenvalue weighted by molar-refractivity contribution is 5.80. The molecule has 146 valence electrons. The first kappa shape index (κ1) is 20.7. The van der Waals surface area contributed by atoms with E-state index >= 15 is 0 Å². The number of nitrogens with zero attached hydrogens (tertiary/aromatic N) is 3. The minimum atomic E-state index is 0.431. The first-order chi connectivity index (χ1) is 12.6. The van der Waals surface area contributed by atoms with Crippen LogP contribution in [-0.4, -0.2) is 68.1 Å². The maximum atomic E-state index is 4.42. The van der Waals surface area contributed by atoms with Gasteiger partial charge in [0.25, 0.3) is 0 Å². The highest BCUT2D eigenvalue weighted by Crippen LogP contribution is 2.10. The summed E-state index contributed by atoms with van der Waals surface area (Å²) < 4.78 is 0. The van der Waals surface area contributed by atoms with Gasteiger partial charge in [-0.3, -0.25) is 9.89 Å². The van der Waals surface area contributed by atoms with Crippen molar-refractivity contribution in [1.29, 1.82) is 0 Å². The van der Waals surface area contributed by atoms with Crippen molar-refractivity contribution in [2.75, 3.05) is 40.3 Å². The topological polar surface area (TPSA) is 42.9 Å². The van der Waals surface area contributed by atoms with Gasteiger partial charge in [0.05, 0.1) is 0 Å². The van der Waals surface area contributed by atoms with Crippen LogP contribution in [0.25, 0.3) is 0 Å². The van der Waals surface area contributed by atoms with Gasteiger partial charge in [-0.25, -0.2) is 0 Å². The lowest BCUT2D eigenvalue weighted by Crippen LogP contribution is -2.50. The molecule has 5 heteroatoms. The van der Waals surface area contributed by atoms with Gasteiger partial charge in [-0.15, -0.1) is 0 Å². The second kappa shape index (κ2) is 11.2. The molecule has 2 rings (SSSR count). The predicted octanol–water partition coefficient (Wildman–Crippen LogP) is 2.55. The third-order valence-electron chi connectivity index (χ3n) is 5.28. The van der Waals surface area contributed by atoms with Gasteiger partial charge >= 0.3 is 0 Å². The number of nitrogens with one attached hydrogen (secondary N) is 2. The largest absolute Gasteiger partial charge is 0.355 e. The smallest absolute Gasteiger partial charge is 0.191 e. The number of likely N-dealkylation sites (N-methyl/N-ethyl adjacent to an activating group) is 1. The van der Waals surface area contributed by atoms with E-state index in [4.69, 9.17) is 0 Å². The fraction of sp³-hybridized carbons (Fsp3) is 0.667. The van der Waals surface area contributed by atoms with Crippen LogP contribution in [0, 0.1) is 0 Å². The van der Waals surface area contributed by atoms with Crippen LogP contribution in [0.5, 0.6) is 0 Å². The number of benzene rings is 1. The summed E-state index contributed by atoms with van der Waals surface area (Å²) in [6.45, 7) is 9.98. The molecule has 26 heavy (non-hydrogen) atoms. The SMILES string of the molecule is CCCN1CCC(NC(=NC)NCC(C)N(C)Cc2ccccc2)CC1. The number of guanidine groups is 1. The molecule has 0 aliphatic carbocycles. The van der Waals surface area contributed by atoms with Crippen molar-refractivity contribution in [1.82, 2.24) is 20.4 Å². The van der Waals surface area contributed by atoms with Gasteiger partial charge in [0, 0.05) is 45.3 Å². The molecule has 5 nitrogen and oxygen atoms in total. The molecular weight excluding hydrogens is 322 g/mol. The molecule has 1 atom stereocenters.